The Morgan fingerprint density at radius 2 is 1.88 bits per heavy atom. The molecule has 2 aliphatic rings. The fourth-order valence-corrected chi connectivity index (χ4v) is 6.53. The van der Waals surface area contributed by atoms with Crippen molar-refractivity contribution in [2.24, 2.45) is 11.8 Å². The molecule has 1 unspecified atom stereocenters. The van der Waals surface area contributed by atoms with Crippen LogP contribution in [0.25, 0.3) is 0 Å². The van der Waals surface area contributed by atoms with Crippen molar-refractivity contribution < 1.29 is 43.5 Å². The van der Waals surface area contributed by atoms with Crippen LogP contribution >= 0.6 is 11.8 Å². The van der Waals surface area contributed by atoms with E-state index in [0.29, 0.717) is 37.4 Å². The molecule has 9 nitrogen and oxygen atoms in total. The summed E-state index contributed by atoms with van der Waals surface area (Å²) in [5.41, 5.74) is 2.02. The minimum absolute atomic E-state index is 0.0408. The van der Waals surface area contributed by atoms with Gasteiger partial charge in [0.25, 0.3) is 0 Å². The molecular formula is C32H46O9S. The second-order valence-electron chi connectivity index (χ2n) is 11.1. The maximum absolute atomic E-state index is 12.5. The van der Waals surface area contributed by atoms with E-state index in [2.05, 4.69) is 0 Å². The van der Waals surface area contributed by atoms with E-state index in [0.717, 1.165) is 43.2 Å². The Kier molecular flexibility index (Phi) is 14.9. The molecule has 0 saturated heterocycles. The van der Waals surface area contributed by atoms with Gasteiger partial charge in [-0.2, -0.15) is 11.8 Å². The summed E-state index contributed by atoms with van der Waals surface area (Å²) in [6.45, 7) is 2.00. The van der Waals surface area contributed by atoms with Gasteiger partial charge < -0.3 is 29.2 Å². The lowest BCUT2D eigenvalue weighted by molar-refractivity contribution is -0.169. The molecule has 5 atom stereocenters. The van der Waals surface area contributed by atoms with Gasteiger partial charge in [0.2, 0.25) is 6.29 Å². The fraction of sp³-hybridized carbons (Fsp3) is 0.656. The zero-order valence-corrected chi connectivity index (χ0v) is 25.6. The minimum atomic E-state index is -1.01. The molecule has 0 aliphatic heterocycles. The van der Waals surface area contributed by atoms with Crippen molar-refractivity contribution in [3.63, 3.8) is 0 Å². The van der Waals surface area contributed by atoms with Crippen LogP contribution in [-0.2, 0) is 41.6 Å². The average molecular weight is 607 g/mol. The zero-order chi connectivity index (χ0) is 30.3. The summed E-state index contributed by atoms with van der Waals surface area (Å²) in [5.74, 6) is 0.394. The smallest absolute Gasteiger partial charge is 0.431 e. The summed E-state index contributed by atoms with van der Waals surface area (Å²) in [7, 11) is 1.64. The zero-order valence-electron chi connectivity index (χ0n) is 24.8. The topological polar surface area (TPSA) is 129 Å². The maximum Gasteiger partial charge on any atom is 0.511 e. The molecule has 0 spiro atoms. The number of aliphatic hydroxyl groups excluding tert-OH is 2. The molecule has 2 saturated carbocycles. The Hall–Kier alpha value is -2.40. The first-order chi connectivity index (χ1) is 20.2. The van der Waals surface area contributed by atoms with Gasteiger partial charge in [-0.25, -0.2) is 4.79 Å². The van der Waals surface area contributed by atoms with Crippen LogP contribution in [0.4, 0.5) is 4.79 Å². The van der Waals surface area contributed by atoms with Gasteiger partial charge in [-0.1, -0.05) is 42.8 Å². The van der Waals surface area contributed by atoms with Crippen LogP contribution in [0, 0.1) is 11.8 Å². The summed E-state index contributed by atoms with van der Waals surface area (Å²) in [6, 6.07) is 7.85. The van der Waals surface area contributed by atoms with Crippen LogP contribution in [0.15, 0.2) is 36.4 Å². The Balaban J connectivity index is 1.31. The van der Waals surface area contributed by atoms with E-state index in [4.69, 9.17) is 18.9 Å². The number of ether oxygens (including phenoxy) is 4. The first-order valence-electron chi connectivity index (χ1n) is 15.0. The lowest BCUT2D eigenvalue weighted by Crippen LogP contribution is -2.26. The van der Waals surface area contributed by atoms with Crippen molar-refractivity contribution in [2.75, 3.05) is 18.6 Å². The Morgan fingerprint density at radius 1 is 1.12 bits per heavy atom. The van der Waals surface area contributed by atoms with Crippen LogP contribution in [0.3, 0.4) is 0 Å². The second-order valence-corrected chi connectivity index (χ2v) is 12.4. The van der Waals surface area contributed by atoms with Crippen molar-refractivity contribution in [1.82, 2.24) is 0 Å². The highest BCUT2D eigenvalue weighted by Gasteiger charge is 2.39. The largest absolute Gasteiger partial charge is 0.511 e. The predicted molar refractivity (Wildman–Crippen MR) is 160 cm³/mol. The van der Waals surface area contributed by atoms with E-state index < -0.39 is 30.6 Å². The molecule has 2 aliphatic carbocycles. The van der Waals surface area contributed by atoms with E-state index in [1.54, 1.807) is 31.0 Å². The first kappa shape index (κ1) is 34.1. The monoisotopic (exact) mass is 606 g/mol. The number of carbonyl (C=O) groups is 3. The number of esters is 1. The molecule has 10 heteroatoms. The summed E-state index contributed by atoms with van der Waals surface area (Å²) in [5, 5.41) is 21.0. The number of thioether (sulfide) groups is 1. The van der Waals surface area contributed by atoms with E-state index in [1.165, 1.54) is 6.92 Å². The second kappa shape index (κ2) is 18.3. The van der Waals surface area contributed by atoms with Gasteiger partial charge in [-0.05, 0) is 61.2 Å². The molecule has 234 valence electrons. The molecule has 0 bridgehead atoms. The molecule has 0 amide bonds. The minimum Gasteiger partial charge on any atom is -0.431 e. The summed E-state index contributed by atoms with van der Waals surface area (Å²) < 4.78 is 20.7. The van der Waals surface area contributed by atoms with Crippen LogP contribution in [0.5, 0.6) is 0 Å². The SMILES string of the molecule is COCc1cccc(C[C@H](O)/C=C/[C@H]2[C@H](O)CC(=O)[C@@H]2CCSCCCC(=O)OC(C)OC(=O)OC2CCCCC2)c1. The van der Waals surface area contributed by atoms with Gasteiger partial charge >= 0.3 is 12.1 Å². The molecule has 1 aromatic rings. The standard InChI is InChI=1S/C32H46O9S/c1-22(40-32(37)41-26-10-4-3-5-11-26)39-31(36)12-7-16-42-17-15-28-27(29(34)20-30(28)35)14-13-25(33)19-23-8-6-9-24(18-23)21-38-2/h6,8-9,13-14,18,22,25-29,33-34H,3-5,7,10-12,15-17,19-21H2,1-2H3/b14-13+/t22?,25-,27-,28-,29-/m1/s1. The molecule has 0 radical (unpaired) electrons. The molecule has 1 aromatic carbocycles. The van der Waals surface area contributed by atoms with Gasteiger partial charge in [-0.3, -0.25) is 9.59 Å². The van der Waals surface area contributed by atoms with Crippen LogP contribution in [-0.4, -0.2) is 71.3 Å². The lowest BCUT2D eigenvalue weighted by atomic mass is 9.91. The third-order valence-corrected chi connectivity index (χ3v) is 8.75. The number of benzene rings is 1. The quantitative estimate of drug-likeness (QED) is 0.113. The third kappa shape index (κ3) is 12.1. The van der Waals surface area contributed by atoms with Gasteiger partial charge in [-0.15, -0.1) is 0 Å². The normalized spacial score (nSPS) is 22.7. The molecule has 0 heterocycles. The van der Waals surface area contributed by atoms with E-state index in [1.807, 2.05) is 24.3 Å². The molecule has 42 heavy (non-hydrogen) atoms. The van der Waals surface area contributed by atoms with E-state index >= 15 is 0 Å². The number of rotatable bonds is 16. The highest BCUT2D eigenvalue weighted by Crippen LogP contribution is 2.34. The Labute approximate surface area is 253 Å². The number of carbonyl (C=O) groups excluding carboxylic acids is 3. The van der Waals surface area contributed by atoms with Crippen molar-refractivity contribution >= 4 is 29.7 Å². The first-order valence-corrected chi connectivity index (χ1v) is 16.2. The molecular weight excluding hydrogens is 560 g/mol. The third-order valence-electron chi connectivity index (χ3n) is 7.65. The average Bonchev–Trinajstić information content (AvgIpc) is 3.21. The number of hydrogen-bond donors (Lipinski definition) is 2. The van der Waals surface area contributed by atoms with Gasteiger partial charge in [0.15, 0.2) is 0 Å². The van der Waals surface area contributed by atoms with Crippen LogP contribution in [0.1, 0.15) is 75.8 Å². The maximum atomic E-state index is 12.5. The fourth-order valence-electron chi connectivity index (χ4n) is 5.55. The highest BCUT2D eigenvalue weighted by atomic mass is 32.2. The number of ketones is 1. The number of aliphatic hydroxyl groups is 2. The Morgan fingerprint density at radius 3 is 2.64 bits per heavy atom. The van der Waals surface area contributed by atoms with Crippen LogP contribution < -0.4 is 0 Å². The molecule has 2 fully saturated rings. The summed E-state index contributed by atoms with van der Waals surface area (Å²) in [4.78, 5) is 36.5. The van der Waals surface area contributed by atoms with Crippen molar-refractivity contribution in [1.29, 1.82) is 0 Å². The van der Waals surface area contributed by atoms with Gasteiger partial charge in [0.05, 0.1) is 18.8 Å². The molecule has 0 aromatic heterocycles. The Bertz CT molecular complexity index is 1020. The lowest BCUT2D eigenvalue weighted by Gasteiger charge is -2.22. The van der Waals surface area contributed by atoms with Crippen molar-refractivity contribution in [2.45, 2.75) is 102 Å². The van der Waals surface area contributed by atoms with Crippen LogP contribution in [0.2, 0.25) is 0 Å². The number of methoxy groups -OCH3 is 1. The highest BCUT2D eigenvalue weighted by molar-refractivity contribution is 7.99. The van der Waals surface area contributed by atoms with Crippen molar-refractivity contribution in [3.05, 3.63) is 47.5 Å². The number of Topliss-reactive ketones (excluding diaryl/α,β-unsaturated/α-hetero) is 1. The number of hydrogen-bond acceptors (Lipinski definition) is 10. The predicted octanol–water partition coefficient (Wildman–Crippen LogP) is 5.14. The van der Waals surface area contributed by atoms with Gasteiger partial charge in [0, 0.05) is 45.1 Å². The summed E-state index contributed by atoms with van der Waals surface area (Å²) >= 11 is 1.64. The van der Waals surface area contributed by atoms with Crippen molar-refractivity contribution in [3.8, 4) is 0 Å². The molecule has 2 N–H and O–H groups in total. The van der Waals surface area contributed by atoms with E-state index in [9.17, 15) is 24.6 Å². The van der Waals surface area contributed by atoms with Gasteiger partial charge in [0.1, 0.15) is 11.9 Å². The van der Waals surface area contributed by atoms with E-state index in [-0.39, 0.29) is 36.6 Å². The molecule has 3 rings (SSSR count). The summed E-state index contributed by atoms with van der Waals surface area (Å²) in [6.07, 6.45) is 6.90.